The summed E-state index contributed by atoms with van der Waals surface area (Å²) in [5, 5.41) is 0. The van der Waals surface area contributed by atoms with E-state index >= 15 is 0 Å². The lowest BCUT2D eigenvalue weighted by Gasteiger charge is -2.38. The lowest BCUT2D eigenvalue weighted by molar-refractivity contribution is -0.132. The number of amides is 1. The van der Waals surface area contributed by atoms with Crippen LogP contribution in [0.25, 0.3) is 0 Å². The van der Waals surface area contributed by atoms with Gasteiger partial charge in [0.15, 0.2) is 11.5 Å². The van der Waals surface area contributed by atoms with Gasteiger partial charge in [0.2, 0.25) is 5.91 Å². The minimum absolute atomic E-state index is 0.0429. The van der Waals surface area contributed by atoms with Crippen molar-refractivity contribution >= 4 is 11.6 Å². The molecule has 1 aliphatic rings. The molecule has 6 heteroatoms. The van der Waals surface area contributed by atoms with Gasteiger partial charge in [-0.1, -0.05) is 12.1 Å². The first-order valence-electron chi connectivity index (χ1n) is 10.1. The van der Waals surface area contributed by atoms with E-state index in [1.165, 1.54) is 5.56 Å². The van der Waals surface area contributed by atoms with Crippen LogP contribution in [0.3, 0.4) is 0 Å². The molecule has 1 amide bonds. The molecule has 0 spiro atoms. The van der Waals surface area contributed by atoms with Crippen LogP contribution in [-0.2, 0) is 11.2 Å². The monoisotopic (exact) mass is 397 g/mol. The van der Waals surface area contributed by atoms with Crippen LogP contribution >= 0.6 is 0 Å². The maximum atomic E-state index is 12.9. The number of fused-ring (bicyclic) bond motifs is 1. The molecule has 0 radical (unpaired) electrons. The molecule has 6 nitrogen and oxygen atoms in total. The van der Waals surface area contributed by atoms with Gasteiger partial charge in [0.25, 0.3) is 0 Å². The molecule has 0 saturated carbocycles. The number of anilines is 1. The number of carbonyl (C=O) groups excluding carboxylic acids is 1. The summed E-state index contributed by atoms with van der Waals surface area (Å²) in [6, 6.07) is 12.0. The van der Waals surface area contributed by atoms with Gasteiger partial charge in [-0.25, -0.2) is 0 Å². The number of hydrogen-bond donors (Lipinski definition) is 1. The van der Waals surface area contributed by atoms with Crippen LogP contribution in [0.1, 0.15) is 36.6 Å². The Hall–Kier alpha value is -2.73. The number of nitrogens with two attached hydrogens (primary N) is 1. The molecule has 1 aliphatic heterocycles. The van der Waals surface area contributed by atoms with Gasteiger partial charge in [-0.3, -0.25) is 9.69 Å². The molecule has 1 heterocycles. The molecular weight excluding hydrogens is 366 g/mol. The second kappa shape index (κ2) is 9.18. The first-order chi connectivity index (χ1) is 14.0. The fraction of sp³-hybridized carbons (Fsp3) is 0.435. The molecule has 0 saturated heterocycles. The molecule has 29 heavy (non-hydrogen) atoms. The minimum atomic E-state index is -0.0429. The van der Waals surface area contributed by atoms with E-state index in [-0.39, 0.29) is 11.9 Å². The topological polar surface area (TPSA) is 68.0 Å². The number of methoxy groups -OCH3 is 2. The molecule has 1 atom stereocenters. The molecule has 2 aromatic rings. The summed E-state index contributed by atoms with van der Waals surface area (Å²) in [5.74, 6) is 1.58. The second-order valence-electron chi connectivity index (χ2n) is 7.26. The van der Waals surface area contributed by atoms with Gasteiger partial charge in [0.1, 0.15) is 0 Å². The highest BCUT2D eigenvalue weighted by Gasteiger charge is 2.32. The Morgan fingerprint density at radius 1 is 1.10 bits per heavy atom. The van der Waals surface area contributed by atoms with Crippen LogP contribution in [0.15, 0.2) is 36.4 Å². The SMILES string of the molecule is CCN(CC)C(=O)CN1CCc2cc(OC)c(OC)cc2C1c1ccc(N)cc1. The number of ether oxygens (including phenoxy) is 2. The van der Waals surface area contributed by atoms with Crippen molar-refractivity contribution in [1.82, 2.24) is 9.80 Å². The van der Waals surface area contributed by atoms with E-state index in [0.717, 1.165) is 48.6 Å². The highest BCUT2D eigenvalue weighted by atomic mass is 16.5. The van der Waals surface area contributed by atoms with Gasteiger partial charge in [-0.05, 0) is 61.2 Å². The van der Waals surface area contributed by atoms with Crippen molar-refractivity contribution in [2.45, 2.75) is 26.3 Å². The molecule has 2 N–H and O–H groups in total. The number of benzene rings is 2. The largest absolute Gasteiger partial charge is 0.493 e. The number of carbonyl (C=O) groups is 1. The van der Waals surface area contributed by atoms with Crippen molar-refractivity contribution < 1.29 is 14.3 Å². The predicted octanol–water partition coefficient (Wildman–Crippen LogP) is 3.10. The molecular formula is C23H31N3O3. The minimum Gasteiger partial charge on any atom is -0.493 e. The highest BCUT2D eigenvalue weighted by Crippen LogP contribution is 2.41. The van der Waals surface area contributed by atoms with E-state index in [2.05, 4.69) is 11.0 Å². The first kappa shape index (κ1) is 21.0. The van der Waals surface area contributed by atoms with Gasteiger partial charge in [0, 0.05) is 25.3 Å². The number of hydrogen-bond acceptors (Lipinski definition) is 5. The number of nitrogen functional groups attached to an aromatic ring is 1. The average molecular weight is 398 g/mol. The maximum absolute atomic E-state index is 12.9. The molecule has 2 aromatic carbocycles. The predicted molar refractivity (Wildman–Crippen MR) is 115 cm³/mol. The summed E-state index contributed by atoms with van der Waals surface area (Å²) in [6.07, 6.45) is 0.854. The maximum Gasteiger partial charge on any atom is 0.236 e. The summed E-state index contributed by atoms with van der Waals surface area (Å²) >= 11 is 0. The first-order valence-corrected chi connectivity index (χ1v) is 10.1. The molecule has 156 valence electrons. The summed E-state index contributed by atoms with van der Waals surface area (Å²) in [5.41, 5.74) is 10.1. The number of rotatable bonds is 7. The van der Waals surface area contributed by atoms with E-state index in [1.807, 2.05) is 49.1 Å². The van der Waals surface area contributed by atoms with Crippen molar-refractivity contribution in [3.63, 3.8) is 0 Å². The fourth-order valence-corrected chi connectivity index (χ4v) is 4.09. The Labute approximate surface area is 173 Å². The summed E-state index contributed by atoms with van der Waals surface area (Å²) in [4.78, 5) is 17.0. The van der Waals surface area contributed by atoms with Crippen LogP contribution in [0.5, 0.6) is 11.5 Å². The van der Waals surface area contributed by atoms with Crippen LogP contribution < -0.4 is 15.2 Å². The molecule has 1 unspecified atom stereocenters. The second-order valence-corrected chi connectivity index (χ2v) is 7.26. The summed E-state index contributed by atoms with van der Waals surface area (Å²) < 4.78 is 11.1. The van der Waals surface area contributed by atoms with E-state index in [0.29, 0.717) is 12.3 Å². The van der Waals surface area contributed by atoms with Crippen LogP contribution in [0.4, 0.5) is 5.69 Å². The lowest BCUT2D eigenvalue weighted by Crippen LogP contribution is -2.44. The normalized spacial score (nSPS) is 16.2. The smallest absolute Gasteiger partial charge is 0.236 e. The molecule has 0 fully saturated rings. The Morgan fingerprint density at radius 3 is 2.31 bits per heavy atom. The van der Waals surface area contributed by atoms with E-state index in [1.54, 1.807) is 14.2 Å². The zero-order chi connectivity index (χ0) is 21.0. The third kappa shape index (κ3) is 4.32. The summed E-state index contributed by atoms with van der Waals surface area (Å²) in [7, 11) is 3.30. The van der Waals surface area contributed by atoms with Crippen LogP contribution in [0, 0.1) is 0 Å². The van der Waals surface area contributed by atoms with Crippen molar-refractivity contribution in [2.75, 3.05) is 46.1 Å². The van der Waals surface area contributed by atoms with Crippen molar-refractivity contribution in [3.05, 3.63) is 53.1 Å². The zero-order valence-electron chi connectivity index (χ0n) is 17.8. The van der Waals surface area contributed by atoms with Gasteiger partial charge in [-0.15, -0.1) is 0 Å². The molecule has 3 rings (SSSR count). The number of likely N-dealkylation sites (N-methyl/N-ethyl adjacent to an activating group) is 1. The van der Waals surface area contributed by atoms with Gasteiger partial charge in [-0.2, -0.15) is 0 Å². The Balaban J connectivity index is 2.04. The fourth-order valence-electron chi connectivity index (χ4n) is 4.09. The Bertz CT molecular complexity index is 847. The average Bonchev–Trinajstić information content (AvgIpc) is 2.74. The Kier molecular flexibility index (Phi) is 6.64. The van der Waals surface area contributed by atoms with Crippen LogP contribution in [0.2, 0.25) is 0 Å². The van der Waals surface area contributed by atoms with Crippen LogP contribution in [-0.4, -0.2) is 56.1 Å². The van der Waals surface area contributed by atoms with Crippen molar-refractivity contribution in [1.29, 1.82) is 0 Å². The van der Waals surface area contributed by atoms with Gasteiger partial charge in [0.05, 0.1) is 26.8 Å². The third-order valence-electron chi connectivity index (χ3n) is 5.68. The molecule has 0 aromatic heterocycles. The standard InChI is InChI=1S/C23H31N3O3/c1-5-25(6-2)22(27)15-26-12-11-17-13-20(28-3)21(29-4)14-19(17)23(26)16-7-9-18(24)10-8-16/h7-10,13-14,23H,5-6,11-12,15,24H2,1-4H3. The van der Waals surface area contributed by atoms with Gasteiger partial charge >= 0.3 is 0 Å². The van der Waals surface area contributed by atoms with Crippen molar-refractivity contribution in [3.8, 4) is 11.5 Å². The van der Waals surface area contributed by atoms with E-state index in [9.17, 15) is 4.79 Å². The number of nitrogens with zero attached hydrogens (tertiary/aromatic N) is 2. The van der Waals surface area contributed by atoms with E-state index < -0.39 is 0 Å². The highest BCUT2D eigenvalue weighted by molar-refractivity contribution is 5.78. The lowest BCUT2D eigenvalue weighted by atomic mass is 9.87. The van der Waals surface area contributed by atoms with Gasteiger partial charge < -0.3 is 20.1 Å². The molecule has 0 aliphatic carbocycles. The Morgan fingerprint density at radius 2 is 1.72 bits per heavy atom. The third-order valence-corrected chi connectivity index (χ3v) is 5.68. The molecule has 0 bridgehead atoms. The van der Waals surface area contributed by atoms with E-state index in [4.69, 9.17) is 15.2 Å². The quantitative estimate of drug-likeness (QED) is 0.727. The zero-order valence-corrected chi connectivity index (χ0v) is 17.8. The van der Waals surface area contributed by atoms with Crippen molar-refractivity contribution in [2.24, 2.45) is 0 Å². The summed E-state index contributed by atoms with van der Waals surface area (Å²) in [6.45, 7) is 6.65.